The molecule has 0 radical (unpaired) electrons. The van der Waals surface area contributed by atoms with Crippen LogP contribution in [0.15, 0.2) is 24.3 Å². The molecular weight excluding hydrogens is 392 g/mol. The monoisotopic (exact) mass is 418 g/mol. The molecule has 2 aromatic carbocycles. The van der Waals surface area contributed by atoms with Crippen molar-refractivity contribution in [3.8, 4) is 0 Å². The number of aryl methyl sites for hydroxylation is 6. The van der Waals surface area contributed by atoms with Gasteiger partial charge in [0.2, 0.25) is 5.78 Å². The molecule has 29 heavy (non-hydrogen) atoms. The van der Waals surface area contributed by atoms with Crippen LogP contribution in [0.1, 0.15) is 54.1 Å². The predicted molar refractivity (Wildman–Crippen MR) is 114 cm³/mol. The highest BCUT2D eigenvalue weighted by Crippen LogP contribution is 2.18. The van der Waals surface area contributed by atoms with Crippen LogP contribution in [-0.4, -0.2) is 30.9 Å². The number of ether oxygens (including phenoxy) is 2. The largest absolute Gasteiger partial charge is 0.454 e. The molecule has 5 nitrogen and oxygen atoms in total. The fourth-order valence-electron chi connectivity index (χ4n) is 3.48. The van der Waals surface area contributed by atoms with E-state index in [9.17, 15) is 14.4 Å². The molecule has 0 fully saturated rings. The number of benzene rings is 2. The zero-order valence-electron chi connectivity index (χ0n) is 17.7. The average Bonchev–Trinajstić information content (AvgIpc) is 2.56. The molecule has 0 atom stereocenters. The summed E-state index contributed by atoms with van der Waals surface area (Å²) in [6, 6.07) is 7.55. The lowest BCUT2D eigenvalue weighted by Gasteiger charge is -2.12. The topological polar surface area (TPSA) is 69.7 Å². The average molecular weight is 419 g/mol. The van der Waals surface area contributed by atoms with Gasteiger partial charge in [0.15, 0.2) is 13.2 Å². The smallest absolute Gasteiger partial charge is 0.339 e. The van der Waals surface area contributed by atoms with Crippen molar-refractivity contribution >= 4 is 30.1 Å². The number of hydrogen-bond donors (Lipinski definition) is 0. The Bertz CT molecular complexity index is 825. The van der Waals surface area contributed by atoms with E-state index in [1.807, 2.05) is 65.8 Å². The van der Waals surface area contributed by atoms with Gasteiger partial charge in [-0.25, -0.2) is 9.59 Å². The van der Waals surface area contributed by atoms with E-state index in [1.165, 1.54) is 0 Å². The van der Waals surface area contributed by atoms with Crippen LogP contribution in [0, 0.1) is 41.5 Å². The second kappa shape index (κ2) is 10.2. The summed E-state index contributed by atoms with van der Waals surface area (Å²) >= 11 is 0. The minimum atomic E-state index is -0.556. The van der Waals surface area contributed by atoms with Crippen molar-refractivity contribution in [2.75, 3.05) is 13.2 Å². The molecule has 0 spiro atoms. The molecule has 2 rings (SSSR count). The van der Waals surface area contributed by atoms with Crippen LogP contribution in [0.3, 0.4) is 0 Å². The predicted octanol–water partition coefficient (Wildman–Crippen LogP) is 4.54. The van der Waals surface area contributed by atoms with E-state index >= 15 is 0 Å². The Morgan fingerprint density at radius 3 is 1.17 bits per heavy atom. The normalized spacial score (nSPS) is 10.1. The van der Waals surface area contributed by atoms with Crippen molar-refractivity contribution in [1.29, 1.82) is 0 Å². The van der Waals surface area contributed by atoms with E-state index in [1.54, 1.807) is 0 Å². The summed E-state index contributed by atoms with van der Waals surface area (Å²) in [7, 11) is 0. The van der Waals surface area contributed by atoms with Gasteiger partial charge >= 0.3 is 11.9 Å². The third-order valence-electron chi connectivity index (χ3n) is 4.49. The van der Waals surface area contributed by atoms with Gasteiger partial charge in [-0.2, -0.15) is 0 Å². The Kier molecular flexibility index (Phi) is 8.59. The van der Waals surface area contributed by atoms with Gasteiger partial charge in [-0.05, 0) is 63.8 Å². The summed E-state index contributed by atoms with van der Waals surface area (Å²) in [5.41, 5.74) is 6.21. The Balaban J connectivity index is 0.00000420. The molecule has 0 saturated carbocycles. The molecule has 0 amide bonds. The van der Waals surface area contributed by atoms with Crippen molar-refractivity contribution in [3.05, 3.63) is 68.8 Å². The summed E-state index contributed by atoms with van der Waals surface area (Å²) in [6.45, 7) is 10.3. The summed E-state index contributed by atoms with van der Waals surface area (Å²) in [4.78, 5) is 36.6. The highest BCUT2D eigenvalue weighted by atomic mass is 35.5. The quantitative estimate of drug-likeness (QED) is 0.644. The van der Waals surface area contributed by atoms with Crippen molar-refractivity contribution in [2.45, 2.75) is 41.5 Å². The Morgan fingerprint density at radius 1 is 0.621 bits per heavy atom. The van der Waals surface area contributed by atoms with Crippen LogP contribution < -0.4 is 0 Å². The number of ketones is 1. The van der Waals surface area contributed by atoms with Crippen molar-refractivity contribution in [2.24, 2.45) is 0 Å². The maximum absolute atomic E-state index is 12.3. The second-order valence-corrected chi connectivity index (χ2v) is 7.24. The van der Waals surface area contributed by atoms with Crippen molar-refractivity contribution < 1.29 is 23.9 Å². The number of hydrogen-bond acceptors (Lipinski definition) is 5. The second-order valence-electron chi connectivity index (χ2n) is 7.24. The summed E-state index contributed by atoms with van der Waals surface area (Å²) in [5, 5.41) is 0. The lowest BCUT2D eigenvalue weighted by atomic mass is 10.00. The molecule has 0 heterocycles. The third kappa shape index (κ3) is 6.16. The maximum atomic E-state index is 12.3. The first kappa shape index (κ1) is 24.4. The zero-order valence-corrected chi connectivity index (χ0v) is 18.5. The molecule has 6 heteroatoms. The van der Waals surface area contributed by atoms with Crippen LogP contribution in [0.25, 0.3) is 0 Å². The molecule has 0 aliphatic rings. The number of halogens is 1. The minimum absolute atomic E-state index is 0. The van der Waals surface area contributed by atoms with E-state index < -0.39 is 30.9 Å². The molecule has 0 N–H and O–H groups in total. The highest BCUT2D eigenvalue weighted by Gasteiger charge is 2.18. The lowest BCUT2D eigenvalue weighted by molar-refractivity contribution is -0.125. The van der Waals surface area contributed by atoms with Gasteiger partial charge in [0.25, 0.3) is 0 Å². The summed E-state index contributed by atoms with van der Waals surface area (Å²) < 4.78 is 10.2. The molecule has 0 bridgehead atoms. The van der Waals surface area contributed by atoms with Crippen LogP contribution >= 0.6 is 12.4 Å². The number of carbonyl (C=O) groups is 3. The van der Waals surface area contributed by atoms with Gasteiger partial charge in [0.1, 0.15) is 0 Å². The fraction of sp³-hybridized carbons (Fsp3) is 0.348. The first-order chi connectivity index (χ1) is 13.1. The fourth-order valence-corrected chi connectivity index (χ4v) is 3.48. The molecular formula is C23H27ClO5. The van der Waals surface area contributed by atoms with Crippen LogP contribution in [0.2, 0.25) is 0 Å². The Hall–Kier alpha value is -2.66. The molecule has 0 saturated heterocycles. The van der Waals surface area contributed by atoms with Gasteiger partial charge in [-0.15, -0.1) is 12.4 Å². The SMILES string of the molecule is Cc1cc(C)c(C(=O)OCC(=O)COC(=O)c2c(C)cc(C)cc2C)c(C)c1.Cl. The van der Waals surface area contributed by atoms with Gasteiger partial charge < -0.3 is 9.47 Å². The van der Waals surface area contributed by atoms with Gasteiger partial charge in [0.05, 0.1) is 11.1 Å². The number of esters is 2. The summed E-state index contributed by atoms with van der Waals surface area (Å²) in [5.74, 6) is -1.59. The van der Waals surface area contributed by atoms with Crippen LogP contribution in [-0.2, 0) is 14.3 Å². The Morgan fingerprint density at radius 2 is 0.897 bits per heavy atom. The number of Topliss-reactive ketones (excluding diaryl/α,β-unsaturated/α-hetero) is 1. The Labute approximate surface area is 177 Å². The minimum Gasteiger partial charge on any atom is -0.454 e. The molecule has 0 aliphatic heterocycles. The van der Waals surface area contributed by atoms with Gasteiger partial charge in [-0.3, -0.25) is 4.79 Å². The van der Waals surface area contributed by atoms with Crippen molar-refractivity contribution in [3.63, 3.8) is 0 Å². The van der Waals surface area contributed by atoms with Crippen LogP contribution in [0.4, 0.5) is 0 Å². The number of rotatable bonds is 6. The van der Waals surface area contributed by atoms with Crippen LogP contribution in [0.5, 0.6) is 0 Å². The van der Waals surface area contributed by atoms with Crippen molar-refractivity contribution in [1.82, 2.24) is 0 Å². The van der Waals surface area contributed by atoms with E-state index in [0.29, 0.717) is 11.1 Å². The molecule has 2 aromatic rings. The molecule has 156 valence electrons. The van der Waals surface area contributed by atoms with E-state index in [4.69, 9.17) is 9.47 Å². The van der Waals surface area contributed by atoms with E-state index in [-0.39, 0.29) is 12.4 Å². The first-order valence-electron chi connectivity index (χ1n) is 9.11. The maximum Gasteiger partial charge on any atom is 0.339 e. The summed E-state index contributed by atoms with van der Waals surface area (Å²) in [6.07, 6.45) is 0. The van der Waals surface area contributed by atoms with E-state index in [2.05, 4.69) is 0 Å². The standard InChI is InChI=1S/C23H26O5.ClH/c1-13-7-15(3)20(16(4)8-13)22(25)27-11-19(24)12-28-23(26)21-17(5)9-14(2)10-18(21)6;/h7-10H,11-12H2,1-6H3;1H. The van der Waals surface area contributed by atoms with Gasteiger partial charge in [0, 0.05) is 0 Å². The molecule has 0 unspecified atom stereocenters. The van der Waals surface area contributed by atoms with Gasteiger partial charge in [-0.1, -0.05) is 35.4 Å². The number of carbonyl (C=O) groups excluding carboxylic acids is 3. The molecule has 0 aliphatic carbocycles. The first-order valence-corrected chi connectivity index (χ1v) is 9.11. The highest BCUT2D eigenvalue weighted by molar-refractivity contribution is 5.96. The zero-order chi connectivity index (χ0) is 21.0. The lowest BCUT2D eigenvalue weighted by Crippen LogP contribution is -2.22. The van der Waals surface area contributed by atoms with E-state index in [0.717, 1.165) is 33.4 Å². The third-order valence-corrected chi connectivity index (χ3v) is 4.49. The molecule has 0 aromatic heterocycles.